The molecule has 15 heteroatoms. The van der Waals surface area contributed by atoms with Gasteiger partial charge in [0.25, 0.3) is 0 Å². The van der Waals surface area contributed by atoms with Gasteiger partial charge in [-0.1, -0.05) is 215 Å². The van der Waals surface area contributed by atoms with E-state index in [1.54, 1.807) is 23.0 Å². The lowest BCUT2D eigenvalue weighted by Crippen LogP contribution is -2.91. The summed E-state index contributed by atoms with van der Waals surface area (Å²) < 4.78 is 0. The standard InChI is InChI=1S/C34H93P3Si12/c1-29(2)46(31(38(5,6)7)39(8,9)10,32(40(11,12)13)41(14,15)16)48-35-49(36-48,37-48)47(30(3)4,33(42(17,18)19)43(20,21)22)34(44(23,24)25)45(26,27)28/h29-37H,1-28H3. The fourth-order valence-electron chi connectivity index (χ4n) is 15.8. The molecule has 3 aliphatic heterocycles. The minimum Gasteiger partial charge on any atom is -0.133 e. The van der Waals surface area contributed by atoms with Crippen molar-refractivity contribution in [3.05, 3.63) is 0 Å². The summed E-state index contributed by atoms with van der Waals surface area (Å²) in [5.41, 5.74) is 2.05. The van der Waals surface area contributed by atoms with Crippen LogP contribution in [0.3, 0.4) is 0 Å². The zero-order valence-corrected chi connectivity index (χ0v) is 54.0. The fourth-order valence-corrected chi connectivity index (χ4v) is 471. The van der Waals surface area contributed by atoms with Crippen LogP contribution in [0, 0.1) is 0 Å². The molecule has 0 N–H and O–H groups in total. The molecular formula is C34H93P3Si12. The van der Waals surface area contributed by atoms with Crippen molar-refractivity contribution in [3.8, 4) is 0 Å². The van der Waals surface area contributed by atoms with Crippen LogP contribution < -0.4 is 0 Å². The molecular weight excluding hydrogens is 838 g/mol. The zero-order valence-electron chi connectivity index (χ0n) is 39.0. The lowest BCUT2D eigenvalue weighted by atomic mass is 10.6. The maximum Gasteiger partial charge on any atom is 0.106 e. The molecule has 0 aliphatic carbocycles. The van der Waals surface area contributed by atoms with Gasteiger partial charge in [-0.3, -0.25) is 0 Å². The van der Waals surface area contributed by atoms with Gasteiger partial charge in [0.1, 0.15) is 13.2 Å². The van der Waals surface area contributed by atoms with Gasteiger partial charge in [-0.2, -0.15) is 0 Å². The van der Waals surface area contributed by atoms with Crippen LogP contribution in [-0.4, -0.2) is 93.0 Å². The van der Waals surface area contributed by atoms with Crippen molar-refractivity contribution in [1.29, 1.82) is 0 Å². The highest BCUT2D eigenvalue weighted by Crippen LogP contribution is 3.00. The molecule has 0 saturated carbocycles. The third kappa shape index (κ3) is 8.42. The van der Waals surface area contributed by atoms with Crippen molar-refractivity contribution < 1.29 is 0 Å². The predicted molar refractivity (Wildman–Crippen MR) is 280 cm³/mol. The molecule has 2 bridgehead atoms. The quantitative estimate of drug-likeness (QED) is 0.107. The van der Waals surface area contributed by atoms with Crippen molar-refractivity contribution in [3.63, 3.8) is 0 Å². The lowest BCUT2D eigenvalue weighted by Gasteiger charge is -2.86. The Bertz CT molecular complexity index is 953. The molecule has 3 rings (SSSR count). The van der Waals surface area contributed by atoms with Crippen LogP contribution in [0.5, 0.6) is 0 Å². The van der Waals surface area contributed by atoms with Gasteiger partial charge in [-0.15, -0.1) is 23.0 Å². The molecule has 3 heterocycles. The first-order valence-corrected chi connectivity index (χ1v) is 68.4. The molecule has 292 valence electrons. The monoisotopic (exact) mass is 930 g/mol. The highest BCUT2D eigenvalue weighted by molar-refractivity contribution is 9.01. The van der Waals surface area contributed by atoms with E-state index < -0.39 is 93.0 Å². The van der Waals surface area contributed by atoms with E-state index in [1.807, 2.05) is 0 Å². The summed E-state index contributed by atoms with van der Waals surface area (Å²) in [4.78, 5) is 4.92. The van der Waals surface area contributed by atoms with Crippen LogP contribution >= 0.6 is 23.0 Å². The summed E-state index contributed by atoms with van der Waals surface area (Å²) in [6.45, 7) is 79.1. The van der Waals surface area contributed by atoms with Gasteiger partial charge in [-0.05, 0) is 0 Å². The predicted octanol–water partition coefficient (Wildman–Crippen LogP) is 15.3. The summed E-state index contributed by atoms with van der Waals surface area (Å²) >= 11 is 0. The van der Waals surface area contributed by atoms with E-state index >= 15 is 0 Å². The molecule has 0 radical (unpaired) electrons. The number of hydrogen-bond donors (Lipinski definition) is 0. The lowest BCUT2D eigenvalue weighted by molar-refractivity contribution is 0.988. The van der Waals surface area contributed by atoms with Gasteiger partial charge >= 0.3 is 0 Å². The zero-order chi connectivity index (χ0) is 39.6. The molecule has 0 aromatic carbocycles. The van der Waals surface area contributed by atoms with E-state index in [4.69, 9.17) is 0 Å². The molecule has 3 fully saturated rings. The Hall–Kier alpha value is 3.89. The molecule has 3 aliphatic rings. The number of hydrogen-bond acceptors (Lipinski definition) is 0. The smallest absolute Gasteiger partial charge is 0.106 e. The molecule has 0 aromatic heterocycles. The maximum absolute atomic E-state index is 2.92. The average molecular weight is 932 g/mol. The SMILES string of the molecule is CC(C)[Si](C([Si](C)(C)C)[Si](C)(C)C)(C([Si](C)(C)C)[Si](C)(C)C)[Si]12P[Si]([Si](C(C)C)(C([Si](C)(C)C)[Si](C)(C)C)C([Si](C)(C)C)[Si](C)(C)C)(P1)P2. The third-order valence-electron chi connectivity index (χ3n) is 13.2. The van der Waals surface area contributed by atoms with Gasteiger partial charge in [-0.25, -0.2) is 0 Å². The normalized spacial score (nSPS) is 25.6. The van der Waals surface area contributed by atoms with Crippen molar-refractivity contribution >= 4 is 116 Å². The second kappa shape index (κ2) is 14.3. The average Bonchev–Trinajstić information content (AvgIpc) is 2.61. The van der Waals surface area contributed by atoms with Crippen molar-refractivity contribution in [2.45, 2.75) is 215 Å². The largest absolute Gasteiger partial charge is 0.133 e. The van der Waals surface area contributed by atoms with Gasteiger partial charge in [0.2, 0.25) is 0 Å². The molecule has 0 amide bonds. The van der Waals surface area contributed by atoms with E-state index in [2.05, 4.69) is 185 Å². The first kappa shape index (κ1) is 49.0. The first-order valence-electron chi connectivity index (χ1n) is 20.4. The highest BCUT2D eigenvalue weighted by Gasteiger charge is 2.90. The van der Waals surface area contributed by atoms with Gasteiger partial charge < -0.3 is 0 Å². The summed E-state index contributed by atoms with van der Waals surface area (Å²) in [6, 6.07) is 0. The van der Waals surface area contributed by atoms with Crippen LogP contribution in [0.25, 0.3) is 0 Å². The summed E-state index contributed by atoms with van der Waals surface area (Å²) in [7, 11) is -9.54. The maximum atomic E-state index is 2.92. The van der Waals surface area contributed by atoms with E-state index in [1.165, 1.54) is 19.2 Å². The van der Waals surface area contributed by atoms with Crippen LogP contribution in [0.2, 0.25) is 187 Å². The Morgan fingerprint density at radius 3 is 0.469 bits per heavy atom. The molecule has 0 aromatic rings. The van der Waals surface area contributed by atoms with Crippen LogP contribution in [0.1, 0.15) is 27.7 Å². The Balaban J connectivity index is 3.28. The molecule has 0 atom stereocenters. The van der Waals surface area contributed by atoms with Crippen molar-refractivity contribution in [2.24, 2.45) is 0 Å². The molecule has 49 heavy (non-hydrogen) atoms. The highest BCUT2D eigenvalue weighted by atomic mass is 32.4. The Labute approximate surface area is 328 Å². The molecule has 0 nitrogen and oxygen atoms in total. The van der Waals surface area contributed by atoms with E-state index in [-0.39, 0.29) is 0 Å². The molecule has 0 spiro atoms. The summed E-state index contributed by atoms with van der Waals surface area (Å²) in [5, 5.41) is 0. The van der Waals surface area contributed by atoms with E-state index in [0.29, 0.717) is 0 Å². The third-order valence-corrected chi connectivity index (χ3v) is 225. The second-order valence-corrected chi connectivity index (χ2v) is 138. The number of rotatable bonds is 16. The van der Waals surface area contributed by atoms with Gasteiger partial charge in [0.15, 0.2) is 0 Å². The molecule has 0 unspecified atom stereocenters. The summed E-state index contributed by atoms with van der Waals surface area (Å²) in [6.07, 6.45) is 0. The Kier molecular flexibility index (Phi) is 14.3. The molecule has 3 saturated heterocycles. The van der Waals surface area contributed by atoms with Crippen molar-refractivity contribution in [2.75, 3.05) is 0 Å². The van der Waals surface area contributed by atoms with Gasteiger partial charge in [0, 0.05) is 64.6 Å². The van der Waals surface area contributed by atoms with Crippen LogP contribution in [0.4, 0.5) is 0 Å². The van der Waals surface area contributed by atoms with E-state index in [9.17, 15) is 0 Å². The fraction of sp³-hybridized carbons (Fsp3) is 1.00. The van der Waals surface area contributed by atoms with Crippen molar-refractivity contribution in [1.82, 2.24) is 0 Å². The Morgan fingerprint density at radius 2 is 0.388 bits per heavy atom. The van der Waals surface area contributed by atoms with Crippen LogP contribution in [-0.2, 0) is 0 Å². The first-order chi connectivity index (χ1) is 21.0. The van der Waals surface area contributed by atoms with E-state index in [0.717, 1.165) is 11.1 Å². The Morgan fingerprint density at radius 1 is 0.265 bits per heavy atom. The minimum absolute atomic E-state index is 1.02. The van der Waals surface area contributed by atoms with Crippen LogP contribution in [0.15, 0.2) is 0 Å². The minimum atomic E-state index is -1.64. The van der Waals surface area contributed by atoms with Gasteiger partial charge in [0.05, 0.1) is 15.2 Å². The summed E-state index contributed by atoms with van der Waals surface area (Å²) in [5.74, 6) is 0. The topological polar surface area (TPSA) is 0 Å². The second-order valence-electron chi connectivity index (χ2n) is 26.7.